The normalized spacial score (nSPS) is 15.9. The maximum absolute atomic E-state index is 13.5. The lowest BCUT2D eigenvalue weighted by Gasteiger charge is -2.28. The number of rotatable bonds is 6. The number of fused-ring (bicyclic) bond motifs is 1. The molecule has 2 aliphatic rings. The summed E-state index contributed by atoms with van der Waals surface area (Å²) in [6.45, 7) is 8.74. The van der Waals surface area contributed by atoms with Crippen LogP contribution < -0.4 is 20.7 Å². The molecular weight excluding hydrogens is 580 g/mol. The van der Waals surface area contributed by atoms with Gasteiger partial charge < -0.3 is 30.2 Å². The van der Waals surface area contributed by atoms with Crippen molar-refractivity contribution in [3.05, 3.63) is 65.1 Å². The first-order valence-corrected chi connectivity index (χ1v) is 15.4. The molecule has 0 bridgehead atoms. The number of aromatic nitrogens is 4. The van der Waals surface area contributed by atoms with E-state index in [4.69, 9.17) is 26.3 Å². The minimum Gasteiger partial charge on any atom is -0.408 e. The third kappa shape index (κ3) is 6.34. The van der Waals surface area contributed by atoms with Gasteiger partial charge in [0.15, 0.2) is 5.75 Å². The fraction of sp³-hybridized carbons (Fsp3) is 0.406. The lowest BCUT2D eigenvalue weighted by molar-refractivity contribution is 0.101. The number of piperazine rings is 1. The zero-order valence-corrected chi connectivity index (χ0v) is 25.9. The highest BCUT2D eigenvalue weighted by atomic mass is 35.5. The highest BCUT2D eigenvalue weighted by Crippen LogP contribution is 2.36. The predicted molar refractivity (Wildman–Crippen MR) is 171 cm³/mol. The molecule has 230 valence electrons. The summed E-state index contributed by atoms with van der Waals surface area (Å²) in [5.41, 5.74) is 1.99. The number of amides is 2. The Kier molecular flexibility index (Phi) is 8.42. The maximum Gasteiger partial charge on any atom is 0.415 e. The van der Waals surface area contributed by atoms with Crippen molar-refractivity contribution in [3.8, 4) is 5.75 Å². The average Bonchev–Trinajstić information content (AvgIpc) is 3.67. The molecule has 1 saturated heterocycles. The number of para-hydroxylation sites is 1. The molecule has 12 heteroatoms. The number of hydrogen-bond acceptors (Lipinski definition) is 8. The molecule has 3 N–H and O–H groups in total. The van der Waals surface area contributed by atoms with E-state index in [2.05, 4.69) is 20.9 Å². The molecule has 0 radical (unpaired) electrons. The zero-order chi connectivity index (χ0) is 30.8. The van der Waals surface area contributed by atoms with Crippen molar-refractivity contribution in [2.24, 2.45) is 0 Å². The Morgan fingerprint density at radius 1 is 1.05 bits per heavy atom. The molecule has 11 nitrogen and oxygen atoms in total. The quantitative estimate of drug-likeness (QED) is 0.231. The van der Waals surface area contributed by atoms with Crippen LogP contribution in [0.1, 0.15) is 68.7 Å². The first-order valence-electron chi connectivity index (χ1n) is 15.1. The summed E-state index contributed by atoms with van der Waals surface area (Å²) in [7, 11) is 0. The van der Waals surface area contributed by atoms with Crippen LogP contribution >= 0.6 is 11.6 Å². The summed E-state index contributed by atoms with van der Waals surface area (Å²) >= 11 is 6.32. The van der Waals surface area contributed by atoms with Gasteiger partial charge in [0.05, 0.1) is 16.4 Å². The summed E-state index contributed by atoms with van der Waals surface area (Å²) in [6, 6.07) is 12.7. The number of halogens is 1. The highest BCUT2D eigenvalue weighted by Gasteiger charge is 2.28. The molecule has 3 aromatic heterocycles. The number of hydrogen-bond donors (Lipinski definition) is 3. The predicted octanol–water partition coefficient (Wildman–Crippen LogP) is 6.29. The van der Waals surface area contributed by atoms with Crippen molar-refractivity contribution < 1.29 is 14.3 Å². The number of benzene rings is 1. The van der Waals surface area contributed by atoms with Gasteiger partial charge >= 0.3 is 6.09 Å². The first kappa shape index (κ1) is 29.8. The van der Waals surface area contributed by atoms with Crippen LogP contribution in [-0.4, -0.2) is 62.6 Å². The maximum atomic E-state index is 13.5. The molecule has 0 atom stereocenters. The van der Waals surface area contributed by atoms with E-state index in [0.717, 1.165) is 44.2 Å². The van der Waals surface area contributed by atoms with Gasteiger partial charge in [-0.25, -0.2) is 14.8 Å². The Morgan fingerprint density at radius 3 is 2.52 bits per heavy atom. The average molecular weight is 617 g/mol. The summed E-state index contributed by atoms with van der Waals surface area (Å²) in [6.07, 6.45) is 5.46. The standard InChI is InChI=1S/C32H37ClN8O3/c1-32(2,3)27-25(44-31(43)40-16-14-34-15-17-40)12-13-26(37-27)38-30-35-19-20-18-24(29(42)36-23-11-7-6-10-22(23)33)41(28(20)39-30)21-8-4-5-9-21/h6-7,10-13,18-19,21,34H,4-5,8-9,14-17H2,1-3H3,(H,36,42)(H,35,37,38,39). The molecule has 2 fully saturated rings. The van der Waals surface area contributed by atoms with Gasteiger partial charge in [0.2, 0.25) is 5.95 Å². The SMILES string of the molecule is CC(C)(C)c1nc(Nc2ncc3cc(C(=O)Nc4ccccc4Cl)n(C4CCCC4)c3n2)ccc1OC(=O)N1CCNCC1. The Hall–Kier alpha value is -4.22. The van der Waals surface area contributed by atoms with Gasteiger partial charge in [0, 0.05) is 49.2 Å². The molecule has 1 aromatic carbocycles. The van der Waals surface area contributed by atoms with Crippen LogP contribution in [0.3, 0.4) is 0 Å². The van der Waals surface area contributed by atoms with Gasteiger partial charge in [-0.2, -0.15) is 4.98 Å². The minimum absolute atomic E-state index is 0.150. The molecule has 0 spiro atoms. The van der Waals surface area contributed by atoms with Gasteiger partial charge in [-0.3, -0.25) is 4.79 Å². The zero-order valence-electron chi connectivity index (χ0n) is 25.2. The Balaban J connectivity index is 1.29. The van der Waals surface area contributed by atoms with E-state index in [0.29, 0.717) is 58.4 Å². The van der Waals surface area contributed by atoms with Crippen LogP contribution in [0.5, 0.6) is 5.75 Å². The molecule has 44 heavy (non-hydrogen) atoms. The van der Waals surface area contributed by atoms with Gasteiger partial charge in [-0.15, -0.1) is 0 Å². The van der Waals surface area contributed by atoms with E-state index in [1.165, 1.54) is 0 Å². The second-order valence-electron chi connectivity index (χ2n) is 12.3. The van der Waals surface area contributed by atoms with E-state index in [9.17, 15) is 9.59 Å². The minimum atomic E-state index is -0.400. The smallest absolute Gasteiger partial charge is 0.408 e. The van der Waals surface area contributed by atoms with Gasteiger partial charge in [0.25, 0.3) is 5.91 Å². The van der Waals surface area contributed by atoms with Gasteiger partial charge in [-0.05, 0) is 43.2 Å². The third-order valence-corrected chi connectivity index (χ3v) is 8.33. The lowest BCUT2D eigenvalue weighted by Crippen LogP contribution is -2.47. The molecular formula is C32H37ClN8O3. The Labute approximate surface area is 261 Å². The van der Waals surface area contributed by atoms with Crippen LogP contribution in [0.25, 0.3) is 11.0 Å². The van der Waals surface area contributed by atoms with Crippen molar-refractivity contribution in [2.45, 2.75) is 57.9 Å². The number of carbonyl (C=O) groups is 2. The lowest BCUT2D eigenvalue weighted by atomic mass is 9.91. The topological polar surface area (TPSA) is 126 Å². The molecule has 1 aliphatic carbocycles. The van der Waals surface area contributed by atoms with Crippen molar-refractivity contribution in [2.75, 3.05) is 36.8 Å². The van der Waals surface area contributed by atoms with Crippen LogP contribution in [0.15, 0.2) is 48.7 Å². The van der Waals surface area contributed by atoms with Gasteiger partial charge in [0.1, 0.15) is 17.2 Å². The fourth-order valence-corrected chi connectivity index (χ4v) is 5.96. The molecule has 0 unspecified atom stereocenters. The molecule has 6 rings (SSSR count). The van der Waals surface area contributed by atoms with Crippen LogP contribution in [0, 0.1) is 0 Å². The van der Waals surface area contributed by atoms with E-state index < -0.39 is 5.41 Å². The molecule has 1 aliphatic heterocycles. The first-order chi connectivity index (χ1) is 21.2. The molecule has 4 heterocycles. The van der Waals surface area contributed by atoms with E-state index >= 15 is 0 Å². The van der Waals surface area contributed by atoms with Crippen molar-refractivity contribution in [1.82, 2.24) is 29.7 Å². The van der Waals surface area contributed by atoms with Crippen molar-refractivity contribution in [3.63, 3.8) is 0 Å². The number of ether oxygens (including phenoxy) is 1. The van der Waals surface area contributed by atoms with Crippen LogP contribution in [-0.2, 0) is 5.41 Å². The number of anilines is 3. The summed E-state index contributed by atoms with van der Waals surface area (Å²) in [5.74, 6) is 1.05. The number of nitrogens with one attached hydrogen (secondary N) is 3. The highest BCUT2D eigenvalue weighted by molar-refractivity contribution is 6.33. The van der Waals surface area contributed by atoms with Crippen LogP contribution in [0.2, 0.25) is 5.02 Å². The fourth-order valence-electron chi connectivity index (χ4n) is 5.78. The largest absolute Gasteiger partial charge is 0.415 e. The van der Waals surface area contributed by atoms with E-state index in [-0.39, 0.29) is 18.0 Å². The summed E-state index contributed by atoms with van der Waals surface area (Å²) in [4.78, 5) is 42.3. The number of carbonyl (C=O) groups excluding carboxylic acids is 2. The Morgan fingerprint density at radius 2 is 1.80 bits per heavy atom. The second-order valence-corrected chi connectivity index (χ2v) is 12.7. The molecule has 2 amide bonds. The van der Waals surface area contributed by atoms with Crippen LogP contribution in [0.4, 0.5) is 22.2 Å². The van der Waals surface area contributed by atoms with Crippen molar-refractivity contribution in [1.29, 1.82) is 0 Å². The van der Waals surface area contributed by atoms with E-state index in [1.54, 1.807) is 35.4 Å². The molecule has 4 aromatic rings. The Bertz CT molecular complexity index is 1690. The second kappa shape index (κ2) is 12.4. The van der Waals surface area contributed by atoms with Gasteiger partial charge in [-0.1, -0.05) is 57.3 Å². The number of nitrogens with zero attached hydrogens (tertiary/aromatic N) is 5. The van der Waals surface area contributed by atoms with E-state index in [1.807, 2.05) is 43.5 Å². The number of pyridine rings is 1. The third-order valence-electron chi connectivity index (χ3n) is 8.00. The summed E-state index contributed by atoms with van der Waals surface area (Å²) < 4.78 is 7.85. The molecule has 1 saturated carbocycles. The van der Waals surface area contributed by atoms with Crippen molar-refractivity contribution >= 4 is 52.1 Å². The monoisotopic (exact) mass is 616 g/mol. The summed E-state index contributed by atoms with van der Waals surface area (Å²) in [5, 5.41) is 10.7.